The van der Waals surface area contributed by atoms with Gasteiger partial charge in [-0.25, -0.2) is 9.67 Å². The van der Waals surface area contributed by atoms with Gasteiger partial charge in [0.25, 0.3) is 0 Å². The van der Waals surface area contributed by atoms with E-state index in [1.54, 1.807) is 16.0 Å². The number of amides is 1. The van der Waals surface area contributed by atoms with Gasteiger partial charge >= 0.3 is 0 Å². The highest BCUT2D eigenvalue weighted by molar-refractivity contribution is 7.19. The van der Waals surface area contributed by atoms with E-state index in [1.807, 2.05) is 48.7 Å². The van der Waals surface area contributed by atoms with Crippen molar-refractivity contribution >= 4 is 33.1 Å². The Morgan fingerprint density at radius 3 is 2.70 bits per heavy atom. The molecule has 1 saturated heterocycles. The quantitative estimate of drug-likeness (QED) is 0.537. The lowest BCUT2D eigenvalue weighted by Crippen LogP contribution is -2.36. The highest BCUT2D eigenvalue weighted by Gasteiger charge is 2.19. The zero-order chi connectivity index (χ0) is 20.5. The number of fused-ring (bicyclic) bond motifs is 1. The molecule has 30 heavy (non-hydrogen) atoms. The molecule has 0 saturated carbocycles. The van der Waals surface area contributed by atoms with Crippen molar-refractivity contribution in [3.05, 3.63) is 59.6 Å². The van der Waals surface area contributed by atoms with Crippen molar-refractivity contribution in [3.8, 4) is 17.1 Å². The van der Waals surface area contributed by atoms with Gasteiger partial charge in [0, 0.05) is 35.8 Å². The first-order valence-electron chi connectivity index (χ1n) is 9.83. The fourth-order valence-corrected chi connectivity index (χ4v) is 4.82. The van der Waals surface area contributed by atoms with Crippen LogP contribution in [0, 0.1) is 0 Å². The molecule has 1 aromatic carbocycles. The fourth-order valence-electron chi connectivity index (χ4n) is 3.67. The first kappa shape index (κ1) is 18.8. The van der Waals surface area contributed by atoms with Gasteiger partial charge in [0.05, 0.1) is 41.2 Å². The van der Waals surface area contributed by atoms with Crippen LogP contribution >= 0.6 is 11.3 Å². The molecule has 4 aromatic rings. The van der Waals surface area contributed by atoms with Crippen molar-refractivity contribution in [2.24, 2.45) is 5.73 Å². The van der Waals surface area contributed by atoms with Crippen LogP contribution in [0.15, 0.2) is 54.7 Å². The Balaban J connectivity index is 1.60. The van der Waals surface area contributed by atoms with E-state index in [4.69, 9.17) is 20.6 Å². The lowest BCUT2D eigenvalue weighted by Gasteiger charge is -2.29. The van der Waals surface area contributed by atoms with Crippen LogP contribution in [0.25, 0.3) is 27.3 Å². The summed E-state index contributed by atoms with van der Waals surface area (Å²) in [6, 6.07) is 16.1. The highest BCUT2D eigenvalue weighted by Crippen LogP contribution is 2.35. The normalized spacial score (nSPS) is 14.3. The molecule has 152 valence electrons. The van der Waals surface area contributed by atoms with Crippen molar-refractivity contribution in [3.63, 3.8) is 0 Å². The topological polar surface area (TPSA) is 86.3 Å². The zero-order valence-electron chi connectivity index (χ0n) is 16.3. The van der Waals surface area contributed by atoms with Crippen molar-refractivity contribution in [2.45, 2.75) is 6.42 Å². The third kappa shape index (κ3) is 3.67. The molecule has 0 aliphatic carbocycles. The summed E-state index contributed by atoms with van der Waals surface area (Å²) in [6.45, 7) is 3.02. The van der Waals surface area contributed by atoms with Crippen LogP contribution < -0.4 is 10.6 Å². The van der Waals surface area contributed by atoms with E-state index in [2.05, 4.69) is 11.0 Å². The standard InChI is InChI=1S/C22H21N5O2S/c23-20(28)13-16-12-18-22(30-16)19(26-8-10-29-11-9-26)14-21(24-18)27-7-6-17(25-27)15-4-2-1-3-5-15/h1-7,12,14H,8-11,13H2,(H2,23,28). The summed E-state index contributed by atoms with van der Waals surface area (Å²) >= 11 is 1.58. The first-order valence-corrected chi connectivity index (χ1v) is 10.6. The number of rotatable bonds is 5. The minimum atomic E-state index is -0.339. The van der Waals surface area contributed by atoms with Crippen LogP contribution in [-0.2, 0) is 16.0 Å². The Labute approximate surface area is 177 Å². The van der Waals surface area contributed by atoms with Gasteiger partial charge in [-0.2, -0.15) is 5.10 Å². The number of hydrogen-bond donors (Lipinski definition) is 1. The first-order chi connectivity index (χ1) is 14.7. The number of carbonyl (C=O) groups is 1. The number of ether oxygens (including phenoxy) is 1. The fraction of sp³-hybridized carbons (Fsp3) is 0.227. The van der Waals surface area contributed by atoms with Gasteiger partial charge in [-0.1, -0.05) is 30.3 Å². The molecule has 5 rings (SSSR count). The number of aromatic nitrogens is 3. The van der Waals surface area contributed by atoms with Gasteiger partial charge < -0.3 is 15.4 Å². The molecule has 1 amide bonds. The molecular weight excluding hydrogens is 398 g/mol. The number of thiophene rings is 1. The van der Waals surface area contributed by atoms with Gasteiger partial charge in [0.1, 0.15) is 0 Å². The Morgan fingerprint density at radius 2 is 1.93 bits per heavy atom. The second kappa shape index (κ2) is 7.89. The number of carbonyl (C=O) groups excluding carboxylic acids is 1. The van der Waals surface area contributed by atoms with Crippen LogP contribution in [0.2, 0.25) is 0 Å². The second-order valence-electron chi connectivity index (χ2n) is 7.18. The lowest BCUT2D eigenvalue weighted by molar-refractivity contribution is -0.117. The number of hydrogen-bond acceptors (Lipinski definition) is 6. The van der Waals surface area contributed by atoms with Crippen LogP contribution in [0.4, 0.5) is 5.69 Å². The minimum absolute atomic E-state index is 0.221. The van der Waals surface area contributed by atoms with E-state index >= 15 is 0 Å². The van der Waals surface area contributed by atoms with E-state index in [1.165, 1.54) is 0 Å². The molecule has 0 radical (unpaired) electrons. The molecule has 8 heteroatoms. The maximum absolute atomic E-state index is 11.4. The van der Waals surface area contributed by atoms with Crippen molar-refractivity contribution in [1.29, 1.82) is 0 Å². The van der Waals surface area contributed by atoms with Crippen LogP contribution in [0.5, 0.6) is 0 Å². The van der Waals surface area contributed by atoms with Gasteiger partial charge in [-0.15, -0.1) is 11.3 Å². The van der Waals surface area contributed by atoms with Crippen molar-refractivity contribution in [1.82, 2.24) is 14.8 Å². The van der Waals surface area contributed by atoms with Crippen LogP contribution in [0.1, 0.15) is 4.88 Å². The Kier molecular flexibility index (Phi) is 4.94. The molecule has 7 nitrogen and oxygen atoms in total. The number of pyridine rings is 1. The summed E-state index contributed by atoms with van der Waals surface area (Å²) in [6.07, 6.45) is 2.15. The summed E-state index contributed by atoms with van der Waals surface area (Å²) in [5.41, 5.74) is 9.31. The number of nitrogens with two attached hydrogens (primary N) is 1. The predicted octanol–water partition coefficient (Wildman–Crippen LogP) is 3.01. The molecule has 0 spiro atoms. The Hall–Kier alpha value is -3.23. The average molecular weight is 420 g/mol. The van der Waals surface area contributed by atoms with Crippen LogP contribution in [-0.4, -0.2) is 47.0 Å². The predicted molar refractivity (Wildman–Crippen MR) is 118 cm³/mol. The summed E-state index contributed by atoms with van der Waals surface area (Å²) in [5, 5.41) is 4.74. The summed E-state index contributed by atoms with van der Waals surface area (Å²) in [4.78, 5) is 19.5. The molecule has 1 aliphatic rings. The van der Waals surface area contributed by atoms with E-state index in [0.717, 1.165) is 50.9 Å². The zero-order valence-corrected chi connectivity index (χ0v) is 17.1. The molecule has 0 unspecified atom stereocenters. The van der Waals surface area contributed by atoms with Gasteiger partial charge in [0.2, 0.25) is 5.91 Å². The number of benzene rings is 1. The number of primary amides is 1. The van der Waals surface area contributed by atoms with E-state index in [-0.39, 0.29) is 12.3 Å². The van der Waals surface area contributed by atoms with Crippen molar-refractivity contribution in [2.75, 3.05) is 31.2 Å². The molecular formula is C22H21N5O2S. The Morgan fingerprint density at radius 1 is 1.13 bits per heavy atom. The molecule has 1 fully saturated rings. The summed E-state index contributed by atoms with van der Waals surface area (Å²) < 4.78 is 8.39. The SMILES string of the molecule is NC(=O)Cc1cc2nc(-n3ccc(-c4ccccc4)n3)cc(N3CCOCC3)c2s1. The van der Waals surface area contributed by atoms with E-state index < -0.39 is 0 Å². The van der Waals surface area contributed by atoms with Crippen LogP contribution in [0.3, 0.4) is 0 Å². The molecule has 3 aromatic heterocycles. The average Bonchev–Trinajstić information content (AvgIpc) is 3.41. The molecule has 4 heterocycles. The summed E-state index contributed by atoms with van der Waals surface area (Å²) in [7, 11) is 0. The van der Waals surface area contributed by atoms with Gasteiger partial charge in [-0.05, 0) is 12.1 Å². The molecule has 0 bridgehead atoms. The second-order valence-corrected chi connectivity index (χ2v) is 8.32. The molecule has 1 aliphatic heterocycles. The van der Waals surface area contributed by atoms with E-state index in [0.29, 0.717) is 13.2 Å². The Bertz CT molecular complexity index is 1190. The molecule has 2 N–H and O–H groups in total. The monoisotopic (exact) mass is 419 g/mol. The third-order valence-electron chi connectivity index (χ3n) is 5.09. The van der Waals surface area contributed by atoms with Gasteiger partial charge in [-0.3, -0.25) is 4.79 Å². The smallest absolute Gasteiger partial charge is 0.222 e. The summed E-state index contributed by atoms with van der Waals surface area (Å²) in [5.74, 6) is 0.406. The largest absolute Gasteiger partial charge is 0.378 e. The number of morpholine rings is 1. The van der Waals surface area contributed by atoms with E-state index in [9.17, 15) is 4.79 Å². The highest BCUT2D eigenvalue weighted by atomic mass is 32.1. The van der Waals surface area contributed by atoms with Gasteiger partial charge in [0.15, 0.2) is 5.82 Å². The lowest BCUT2D eigenvalue weighted by atomic mass is 10.2. The minimum Gasteiger partial charge on any atom is -0.378 e. The molecule has 0 atom stereocenters. The third-order valence-corrected chi connectivity index (χ3v) is 6.24. The number of anilines is 1. The maximum Gasteiger partial charge on any atom is 0.222 e. The maximum atomic E-state index is 11.4. The number of nitrogens with zero attached hydrogens (tertiary/aromatic N) is 4. The van der Waals surface area contributed by atoms with Crippen molar-refractivity contribution < 1.29 is 9.53 Å².